The van der Waals surface area contributed by atoms with Gasteiger partial charge in [-0.05, 0) is 43.7 Å². The predicted molar refractivity (Wildman–Crippen MR) is 123 cm³/mol. The van der Waals surface area contributed by atoms with Crippen molar-refractivity contribution in [2.24, 2.45) is 0 Å². The van der Waals surface area contributed by atoms with Gasteiger partial charge in [-0.25, -0.2) is 9.97 Å². The van der Waals surface area contributed by atoms with Crippen LogP contribution in [0.3, 0.4) is 0 Å². The van der Waals surface area contributed by atoms with Crippen molar-refractivity contribution in [3.63, 3.8) is 0 Å². The van der Waals surface area contributed by atoms with Crippen LogP contribution in [0, 0.1) is 6.92 Å². The molecule has 3 aromatic heterocycles. The van der Waals surface area contributed by atoms with E-state index in [-0.39, 0.29) is 0 Å². The average Bonchev–Trinajstić information content (AvgIpc) is 3.18. The van der Waals surface area contributed by atoms with Crippen LogP contribution in [-0.2, 0) is 25.1 Å². The molecule has 2 N–H and O–H groups in total. The molecule has 30 heavy (non-hydrogen) atoms. The summed E-state index contributed by atoms with van der Waals surface area (Å²) in [5, 5.41) is 10.6. The molecule has 3 heterocycles. The normalized spacial score (nSPS) is 14.0. The van der Waals surface area contributed by atoms with Crippen molar-refractivity contribution in [2.75, 3.05) is 5.73 Å². The summed E-state index contributed by atoms with van der Waals surface area (Å²) in [5.41, 5.74) is 9.01. The molecule has 0 amide bonds. The molecular formula is C22H24N6S2. The van der Waals surface area contributed by atoms with E-state index >= 15 is 0 Å². The zero-order valence-electron chi connectivity index (χ0n) is 17.0. The third-order valence-corrected chi connectivity index (χ3v) is 7.70. The van der Waals surface area contributed by atoms with E-state index < -0.39 is 0 Å². The van der Waals surface area contributed by atoms with Gasteiger partial charge in [0.2, 0.25) is 0 Å². The lowest BCUT2D eigenvalue weighted by atomic mass is 10.1. The molecule has 1 aliphatic rings. The molecule has 0 aliphatic heterocycles. The van der Waals surface area contributed by atoms with Crippen LogP contribution in [0.4, 0.5) is 5.82 Å². The van der Waals surface area contributed by atoms with Crippen LogP contribution < -0.4 is 5.73 Å². The molecule has 5 rings (SSSR count). The summed E-state index contributed by atoms with van der Waals surface area (Å²) < 4.78 is 2.13. The first-order chi connectivity index (χ1) is 14.7. The van der Waals surface area contributed by atoms with E-state index in [1.54, 1.807) is 23.1 Å². The summed E-state index contributed by atoms with van der Waals surface area (Å²) in [5.74, 6) is 2.90. The van der Waals surface area contributed by atoms with Gasteiger partial charge in [0.05, 0.1) is 17.7 Å². The highest BCUT2D eigenvalue weighted by Crippen LogP contribution is 2.37. The summed E-state index contributed by atoms with van der Waals surface area (Å²) in [6.45, 7) is 2.74. The zero-order valence-corrected chi connectivity index (χ0v) is 18.6. The number of rotatable bonds is 5. The zero-order chi connectivity index (χ0) is 20.5. The molecule has 1 aliphatic carbocycles. The Kier molecular flexibility index (Phi) is 5.43. The summed E-state index contributed by atoms with van der Waals surface area (Å²) in [6, 6.07) is 10.4. The van der Waals surface area contributed by atoms with Crippen molar-refractivity contribution in [3.8, 4) is 0 Å². The Morgan fingerprint density at radius 2 is 1.90 bits per heavy atom. The van der Waals surface area contributed by atoms with Gasteiger partial charge in [-0.2, -0.15) is 0 Å². The molecule has 8 heteroatoms. The molecule has 0 spiro atoms. The number of thiophene rings is 1. The third kappa shape index (κ3) is 3.81. The van der Waals surface area contributed by atoms with Crippen molar-refractivity contribution in [2.45, 2.75) is 56.5 Å². The Bertz CT molecular complexity index is 1180. The SMILES string of the molecule is Cc1nnc(SCc2nc(N)c3c4c(sc3n2)CCCCC4)n1Cc1ccccc1. The number of hydrogen-bond acceptors (Lipinski definition) is 7. The maximum Gasteiger partial charge on any atom is 0.191 e. The number of aryl methyl sites for hydroxylation is 3. The van der Waals surface area contributed by atoms with Gasteiger partial charge in [-0.15, -0.1) is 21.5 Å². The number of nitrogens with zero attached hydrogens (tertiary/aromatic N) is 5. The minimum Gasteiger partial charge on any atom is -0.383 e. The summed E-state index contributed by atoms with van der Waals surface area (Å²) in [4.78, 5) is 12.0. The fraction of sp³-hybridized carbons (Fsp3) is 0.364. The second-order valence-corrected chi connectivity index (χ2v) is 9.69. The lowest BCUT2D eigenvalue weighted by Gasteiger charge is -2.08. The fourth-order valence-corrected chi connectivity index (χ4v) is 6.14. The molecule has 4 aromatic rings. The van der Waals surface area contributed by atoms with Crippen molar-refractivity contribution >= 4 is 39.1 Å². The molecule has 154 valence electrons. The molecular weight excluding hydrogens is 412 g/mol. The number of nitrogens with two attached hydrogens (primary N) is 1. The van der Waals surface area contributed by atoms with E-state index in [2.05, 4.69) is 44.0 Å². The van der Waals surface area contributed by atoms with E-state index in [4.69, 9.17) is 10.7 Å². The maximum atomic E-state index is 6.39. The Morgan fingerprint density at radius 3 is 2.77 bits per heavy atom. The number of anilines is 1. The first-order valence-electron chi connectivity index (χ1n) is 10.3. The Hall–Kier alpha value is -2.45. The summed E-state index contributed by atoms with van der Waals surface area (Å²) >= 11 is 3.41. The minimum absolute atomic E-state index is 0.621. The van der Waals surface area contributed by atoms with Gasteiger partial charge in [0.25, 0.3) is 0 Å². The van der Waals surface area contributed by atoms with Gasteiger partial charge in [0.15, 0.2) is 5.16 Å². The van der Waals surface area contributed by atoms with Crippen molar-refractivity contribution in [3.05, 3.63) is 58.0 Å². The Morgan fingerprint density at radius 1 is 1.07 bits per heavy atom. The molecule has 0 unspecified atom stereocenters. The molecule has 1 aromatic carbocycles. The highest BCUT2D eigenvalue weighted by molar-refractivity contribution is 7.98. The van der Waals surface area contributed by atoms with E-state index in [0.29, 0.717) is 11.6 Å². The van der Waals surface area contributed by atoms with Crippen LogP contribution in [-0.4, -0.2) is 24.7 Å². The quantitative estimate of drug-likeness (QED) is 0.358. The number of fused-ring (bicyclic) bond motifs is 3. The van der Waals surface area contributed by atoms with Crippen molar-refractivity contribution < 1.29 is 0 Å². The van der Waals surface area contributed by atoms with Crippen LogP contribution in [0.15, 0.2) is 35.5 Å². The first-order valence-corrected chi connectivity index (χ1v) is 12.1. The van der Waals surface area contributed by atoms with Crippen LogP contribution in [0.1, 0.15) is 46.9 Å². The van der Waals surface area contributed by atoms with Gasteiger partial charge in [0, 0.05) is 4.88 Å². The molecule has 0 bridgehead atoms. The lowest BCUT2D eigenvalue weighted by Crippen LogP contribution is -2.04. The molecule has 6 nitrogen and oxygen atoms in total. The van der Waals surface area contributed by atoms with Crippen LogP contribution in [0.25, 0.3) is 10.2 Å². The number of aromatic nitrogens is 5. The molecule has 0 atom stereocenters. The Labute approximate surface area is 184 Å². The summed E-state index contributed by atoms with van der Waals surface area (Å²) in [7, 11) is 0. The second kappa shape index (κ2) is 8.35. The highest BCUT2D eigenvalue weighted by atomic mass is 32.2. The van der Waals surface area contributed by atoms with Crippen LogP contribution in [0.5, 0.6) is 0 Å². The fourth-order valence-electron chi connectivity index (χ4n) is 4.02. The molecule has 0 fully saturated rings. The number of thioether (sulfide) groups is 1. The van der Waals surface area contributed by atoms with E-state index in [1.807, 2.05) is 13.0 Å². The highest BCUT2D eigenvalue weighted by Gasteiger charge is 2.20. The molecule has 0 saturated heterocycles. The molecule has 0 radical (unpaired) electrons. The van der Waals surface area contributed by atoms with Gasteiger partial charge in [0.1, 0.15) is 22.3 Å². The van der Waals surface area contributed by atoms with Gasteiger partial charge in [-0.3, -0.25) is 0 Å². The minimum atomic E-state index is 0.621. The van der Waals surface area contributed by atoms with Crippen molar-refractivity contribution in [1.29, 1.82) is 0 Å². The predicted octanol–water partition coefficient (Wildman–Crippen LogP) is 4.78. The van der Waals surface area contributed by atoms with Crippen LogP contribution >= 0.6 is 23.1 Å². The largest absolute Gasteiger partial charge is 0.383 e. The lowest BCUT2D eigenvalue weighted by molar-refractivity contribution is 0.688. The Balaban J connectivity index is 1.38. The van der Waals surface area contributed by atoms with Crippen molar-refractivity contribution in [1.82, 2.24) is 24.7 Å². The third-order valence-electron chi connectivity index (χ3n) is 5.55. The number of nitrogen functional groups attached to an aromatic ring is 1. The second-order valence-electron chi connectivity index (χ2n) is 7.66. The van der Waals surface area contributed by atoms with Crippen LogP contribution in [0.2, 0.25) is 0 Å². The number of benzene rings is 1. The topological polar surface area (TPSA) is 82.5 Å². The first kappa shape index (κ1) is 19.5. The smallest absolute Gasteiger partial charge is 0.191 e. The molecule has 0 saturated carbocycles. The summed E-state index contributed by atoms with van der Waals surface area (Å²) in [6.07, 6.45) is 6.01. The average molecular weight is 437 g/mol. The van der Waals surface area contributed by atoms with E-state index in [0.717, 1.165) is 46.4 Å². The number of hydrogen-bond donors (Lipinski definition) is 1. The standard InChI is InChI=1S/C22H24N6S2/c1-14-26-27-22(28(14)12-15-8-4-2-5-9-15)29-13-18-24-20(23)19-16-10-6-3-7-11-17(16)30-21(19)25-18/h2,4-5,8-9H,3,6-7,10-13H2,1H3,(H2,23,24,25). The monoisotopic (exact) mass is 436 g/mol. The van der Waals surface area contributed by atoms with Gasteiger partial charge < -0.3 is 10.3 Å². The van der Waals surface area contributed by atoms with Gasteiger partial charge >= 0.3 is 0 Å². The van der Waals surface area contributed by atoms with E-state index in [1.165, 1.54) is 35.3 Å². The maximum absolute atomic E-state index is 6.39. The van der Waals surface area contributed by atoms with E-state index in [9.17, 15) is 0 Å². The van der Waals surface area contributed by atoms with Gasteiger partial charge in [-0.1, -0.05) is 48.5 Å².